The minimum Gasteiger partial charge on any atom is -0.459 e. The number of nitrogens with one attached hydrogen (secondary N) is 2. The van der Waals surface area contributed by atoms with Gasteiger partial charge in [0.1, 0.15) is 6.04 Å². The number of aryl methyl sites for hydroxylation is 1. The van der Waals surface area contributed by atoms with Gasteiger partial charge in [0.2, 0.25) is 5.91 Å². The number of fused-ring (bicyclic) bond motifs is 2. The summed E-state index contributed by atoms with van der Waals surface area (Å²) in [7, 11) is 0. The maximum atomic E-state index is 13.5. The second-order valence-electron chi connectivity index (χ2n) is 8.68. The molecule has 1 aromatic heterocycles. The van der Waals surface area contributed by atoms with E-state index >= 15 is 0 Å². The molecule has 0 saturated carbocycles. The third-order valence-electron chi connectivity index (χ3n) is 6.67. The van der Waals surface area contributed by atoms with Crippen LogP contribution in [0.15, 0.2) is 59.2 Å². The van der Waals surface area contributed by atoms with E-state index in [1.807, 2.05) is 24.3 Å². The van der Waals surface area contributed by atoms with Crippen LogP contribution in [0.3, 0.4) is 0 Å². The van der Waals surface area contributed by atoms with Crippen molar-refractivity contribution in [2.24, 2.45) is 0 Å². The Kier molecular flexibility index (Phi) is 5.24. The van der Waals surface area contributed by atoms with Crippen LogP contribution >= 0.6 is 0 Å². The van der Waals surface area contributed by atoms with Crippen LogP contribution in [-0.4, -0.2) is 41.2 Å². The highest BCUT2D eigenvalue weighted by Gasteiger charge is 2.40. The largest absolute Gasteiger partial charge is 0.459 e. The molecule has 3 heterocycles. The molecule has 2 aliphatic rings. The van der Waals surface area contributed by atoms with Gasteiger partial charge in [-0.15, -0.1) is 0 Å². The second kappa shape index (κ2) is 8.24. The van der Waals surface area contributed by atoms with Crippen LogP contribution in [0.4, 0.5) is 5.69 Å². The summed E-state index contributed by atoms with van der Waals surface area (Å²) in [5.41, 5.74) is 5.36. The van der Waals surface area contributed by atoms with E-state index in [2.05, 4.69) is 30.5 Å². The van der Waals surface area contributed by atoms with Crippen molar-refractivity contribution in [3.63, 3.8) is 0 Å². The number of hydrogen-bond donors (Lipinski definition) is 2. The Morgan fingerprint density at radius 2 is 1.94 bits per heavy atom. The molecule has 1 saturated heterocycles. The van der Waals surface area contributed by atoms with Gasteiger partial charge in [0.15, 0.2) is 5.76 Å². The third-order valence-corrected chi connectivity index (χ3v) is 6.67. The van der Waals surface area contributed by atoms with Crippen molar-refractivity contribution < 1.29 is 18.8 Å². The highest BCUT2D eigenvalue weighted by molar-refractivity contribution is 6.10. The van der Waals surface area contributed by atoms with Crippen LogP contribution < -0.4 is 10.6 Å². The maximum absolute atomic E-state index is 13.5. The molecule has 0 aliphatic carbocycles. The van der Waals surface area contributed by atoms with Gasteiger partial charge >= 0.3 is 0 Å². The standard InChI is InChI=1S/C26H25N3O4/c1-15-5-3-6-19(16(15)2)17-8-9-21-20(13-17)26(32)29-11-10-18(14-22(29)24(30)28-21)27-25(31)23-7-4-12-33-23/h3-9,12-13,18,22H,10-11,14H2,1-2H3,(H,27,31)(H,28,30). The fourth-order valence-electron chi connectivity index (χ4n) is 4.68. The summed E-state index contributed by atoms with van der Waals surface area (Å²) in [4.78, 5) is 40.5. The second-order valence-corrected chi connectivity index (χ2v) is 8.68. The minimum absolute atomic E-state index is 0.170. The lowest BCUT2D eigenvalue weighted by Gasteiger charge is -2.37. The van der Waals surface area contributed by atoms with E-state index in [4.69, 9.17) is 4.42 Å². The highest BCUT2D eigenvalue weighted by atomic mass is 16.3. The van der Waals surface area contributed by atoms with Gasteiger partial charge in [-0.2, -0.15) is 0 Å². The Morgan fingerprint density at radius 1 is 1.09 bits per heavy atom. The monoisotopic (exact) mass is 443 g/mol. The fourth-order valence-corrected chi connectivity index (χ4v) is 4.68. The minimum atomic E-state index is -0.648. The average Bonchev–Trinajstić information content (AvgIpc) is 3.33. The van der Waals surface area contributed by atoms with E-state index < -0.39 is 6.04 Å². The van der Waals surface area contributed by atoms with Crippen LogP contribution in [0.2, 0.25) is 0 Å². The molecule has 7 nitrogen and oxygen atoms in total. The molecule has 2 N–H and O–H groups in total. The van der Waals surface area contributed by atoms with Crippen molar-refractivity contribution in [2.45, 2.75) is 38.8 Å². The van der Waals surface area contributed by atoms with Crippen LogP contribution in [0.25, 0.3) is 11.1 Å². The Balaban J connectivity index is 1.40. The molecular weight excluding hydrogens is 418 g/mol. The summed E-state index contributed by atoms with van der Waals surface area (Å²) < 4.78 is 5.15. The SMILES string of the molecule is Cc1cccc(-c2ccc3c(c2)C(=O)N2CCC(NC(=O)c4ccco4)CC2C(=O)N3)c1C. The predicted molar refractivity (Wildman–Crippen MR) is 124 cm³/mol. The number of piperidine rings is 1. The molecule has 0 radical (unpaired) electrons. The number of benzene rings is 2. The molecule has 3 amide bonds. The number of hydrogen-bond acceptors (Lipinski definition) is 4. The molecule has 2 aromatic carbocycles. The number of rotatable bonds is 3. The van der Waals surface area contributed by atoms with E-state index in [9.17, 15) is 14.4 Å². The molecular formula is C26H25N3O4. The van der Waals surface area contributed by atoms with Crippen molar-refractivity contribution in [3.8, 4) is 11.1 Å². The first-order chi connectivity index (χ1) is 15.9. The Morgan fingerprint density at radius 3 is 2.73 bits per heavy atom. The molecule has 2 unspecified atom stereocenters. The molecule has 168 valence electrons. The van der Waals surface area contributed by atoms with E-state index in [-0.39, 0.29) is 29.5 Å². The van der Waals surface area contributed by atoms with Crippen molar-refractivity contribution in [1.29, 1.82) is 0 Å². The third kappa shape index (κ3) is 3.80. The van der Waals surface area contributed by atoms with E-state index in [1.54, 1.807) is 23.1 Å². The molecule has 2 atom stereocenters. The number of carbonyl (C=O) groups excluding carboxylic acids is 3. The Hall–Kier alpha value is -3.87. The number of anilines is 1. The molecule has 2 aliphatic heterocycles. The Bertz CT molecular complexity index is 1250. The van der Waals surface area contributed by atoms with Gasteiger partial charge in [-0.1, -0.05) is 24.3 Å². The van der Waals surface area contributed by atoms with Gasteiger partial charge in [-0.3, -0.25) is 14.4 Å². The molecule has 3 aromatic rings. The molecule has 1 fully saturated rings. The van der Waals surface area contributed by atoms with Crippen molar-refractivity contribution in [2.75, 3.05) is 11.9 Å². The summed E-state index contributed by atoms with van der Waals surface area (Å²) >= 11 is 0. The molecule has 33 heavy (non-hydrogen) atoms. The average molecular weight is 444 g/mol. The van der Waals surface area contributed by atoms with Gasteiger partial charge in [0.05, 0.1) is 17.5 Å². The van der Waals surface area contributed by atoms with Crippen LogP contribution in [0.5, 0.6) is 0 Å². The molecule has 5 rings (SSSR count). The zero-order chi connectivity index (χ0) is 23.1. The molecule has 7 heteroatoms. The van der Waals surface area contributed by atoms with Gasteiger partial charge in [-0.25, -0.2) is 0 Å². The fraction of sp³-hybridized carbons (Fsp3) is 0.269. The van der Waals surface area contributed by atoms with E-state index in [0.29, 0.717) is 30.6 Å². The first kappa shape index (κ1) is 21.0. The maximum Gasteiger partial charge on any atom is 0.287 e. The zero-order valence-electron chi connectivity index (χ0n) is 18.6. The lowest BCUT2D eigenvalue weighted by Crippen LogP contribution is -2.55. The number of carbonyl (C=O) groups is 3. The lowest BCUT2D eigenvalue weighted by atomic mass is 9.94. The first-order valence-electron chi connectivity index (χ1n) is 11.1. The quantitative estimate of drug-likeness (QED) is 0.642. The zero-order valence-corrected chi connectivity index (χ0v) is 18.6. The van der Waals surface area contributed by atoms with Crippen molar-refractivity contribution in [1.82, 2.24) is 10.2 Å². The Labute approximate surface area is 191 Å². The topological polar surface area (TPSA) is 91.7 Å². The van der Waals surface area contributed by atoms with Gasteiger partial charge in [0, 0.05) is 12.6 Å². The summed E-state index contributed by atoms with van der Waals surface area (Å²) in [6.45, 7) is 4.51. The smallest absolute Gasteiger partial charge is 0.287 e. The lowest BCUT2D eigenvalue weighted by molar-refractivity contribution is -0.121. The van der Waals surface area contributed by atoms with Crippen molar-refractivity contribution >= 4 is 23.4 Å². The summed E-state index contributed by atoms with van der Waals surface area (Å²) in [6.07, 6.45) is 2.36. The summed E-state index contributed by atoms with van der Waals surface area (Å²) in [5.74, 6) is -0.500. The number of furan rings is 1. The predicted octanol–water partition coefficient (Wildman–Crippen LogP) is 3.92. The molecule has 0 spiro atoms. The number of nitrogens with zero attached hydrogens (tertiary/aromatic N) is 1. The van der Waals surface area contributed by atoms with Crippen LogP contribution in [0, 0.1) is 13.8 Å². The van der Waals surface area contributed by atoms with Gasteiger partial charge < -0.3 is 20.0 Å². The van der Waals surface area contributed by atoms with E-state index in [1.165, 1.54) is 11.8 Å². The van der Waals surface area contributed by atoms with Crippen LogP contribution in [-0.2, 0) is 4.79 Å². The molecule has 0 bridgehead atoms. The number of amides is 3. The van der Waals surface area contributed by atoms with Crippen LogP contribution in [0.1, 0.15) is 44.9 Å². The van der Waals surface area contributed by atoms with E-state index in [0.717, 1.165) is 16.7 Å². The van der Waals surface area contributed by atoms with Crippen molar-refractivity contribution in [3.05, 3.63) is 77.2 Å². The normalized spacial score (nSPS) is 19.9. The summed E-state index contributed by atoms with van der Waals surface area (Å²) in [6, 6.07) is 14.1. The summed E-state index contributed by atoms with van der Waals surface area (Å²) in [5, 5.41) is 5.85. The first-order valence-corrected chi connectivity index (χ1v) is 11.1. The highest BCUT2D eigenvalue weighted by Crippen LogP contribution is 2.33. The van der Waals surface area contributed by atoms with Gasteiger partial charge in [0.25, 0.3) is 11.8 Å². The van der Waals surface area contributed by atoms with Gasteiger partial charge in [-0.05, 0) is 73.2 Å².